The van der Waals surface area contributed by atoms with Crippen molar-refractivity contribution in [3.63, 3.8) is 0 Å². The Balaban J connectivity index is 1.97. The lowest BCUT2D eigenvalue weighted by Crippen LogP contribution is -2.48. The highest BCUT2D eigenvalue weighted by molar-refractivity contribution is 7.91. The topological polar surface area (TPSA) is 148 Å². The van der Waals surface area contributed by atoms with Gasteiger partial charge in [-0.2, -0.15) is 12.7 Å². The molecule has 1 atom stereocenters. The summed E-state index contributed by atoms with van der Waals surface area (Å²) in [7, 11) is -9.06. The fourth-order valence-electron chi connectivity index (χ4n) is 3.71. The first-order chi connectivity index (χ1) is 16.1. The summed E-state index contributed by atoms with van der Waals surface area (Å²) in [6, 6.07) is 8.16. The summed E-state index contributed by atoms with van der Waals surface area (Å²) < 4.78 is 64.7. The minimum atomic E-state index is -4.61. The van der Waals surface area contributed by atoms with Crippen LogP contribution in [0.2, 0.25) is 0 Å². The fraction of sp³-hybridized carbons (Fsp3) is 0.409. The molecule has 0 radical (unpaired) electrons. The van der Waals surface area contributed by atoms with Crippen LogP contribution in [-0.2, 0) is 24.9 Å². The second kappa shape index (κ2) is 10.7. The smallest absolute Gasteiger partial charge is 0.340 e. The summed E-state index contributed by atoms with van der Waals surface area (Å²) in [6.07, 6.45) is 1.56. The predicted molar refractivity (Wildman–Crippen MR) is 122 cm³/mol. The first-order valence-electron chi connectivity index (χ1n) is 10.7. The van der Waals surface area contributed by atoms with Crippen molar-refractivity contribution < 1.29 is 40.8 Å². The minimum Gasteiger partial charge on any atom is -0.493 e. The number of carboxylic acids is 1. The summed E-state index contributed by atoms with van der Waals surface area (Å²) in [4.78, 5) is 10.5. The SMILES string of the molecule is Cc1cc(OCCCO)cc(OS(=O)(=O)c2ccccc2S(=O)(=O)N2CCCCC2C(=O)O)c1. The van der Waals surface area contributed by atoms with Gasteiger partial charge in [0, 0.05) is 25.6 Å². The van der Waals surface area contributed by atoms with Crippen molar-refractivity contribution in [1.82, 2.24) is 4.31 Å². The Hall–Kier alpha value is -2.67. The molecule has 10 nitrogen and oxygen atoms in total. The third-order valence-corrected chi connectivity index (χ3v) is 8.65. The highest BCUT2D eigenvalue weighted by Gasteiger charge is 2.40. The van der Waals surface area contributed by atoms with Gasteiger partial charge in [0.1, 0.15) is 27.3 Å². The molecule has 0 aliphatic carbocycles. The van der Waals surface area contributed by atoms with E-state index in [9.17, 15) is 26.7 Å². The molecule has 0 amide bonds. The van der Waals surface area contributed by atoms with Crippen molar-refractivity contribution in [2.24, 2.45) is 0 Å². The Morgan fingerprint density at radius 3 is 2.41 bits per heavy atom. The zero-order valence-electron chi connectivity index (χ0n) is 18.6. The summed E-state index contributed by atoms with van der Waals surface area (Å²) in [5.74, 6) is -1.03. The quantitative estimate of drug-likeness (QED) is 0.360. The highest BCUT2D eigenvalue weighted by Crippen LogP contribution is 2.32. The summed E-state index contributed by atoms with van der Waals surface area (Å²) in [5.41, 5.74) is 0.644. The second-order valence-corrected chi connectivity index (χ2v) is 11.2. The average molecular weight is 514 g/mol. The molecule has 0 aromatic heterocycles. The van der Waals surface area contributed by atoms with Crippen molar-refractivity contribution in [2.45, 2.75) is 48.4 Å². The van der Waals surface area contributed by atoms with Crippen LogP contribution in [0.4, 0.5) is 0 Å². The molecule has 2 aromatic carbocycles. The third kappa shape index (κ3) is 5.87. The van der Waals surface area contributed by atoms with Crippen molar-refractivity contribution in [1.29, 1.82) is 0 Å². The number of carboxylic acid groups (broad SMARTS) is 1. The van der Waals surface area contributed by atoms with Gasteiger partial charge in [0.15, 0.2) is 0 Å². The third-order valence-electron chi connectivity index (χ3n) is 5.25. The van der Waals surface area contributed by atoms with E-state index in [-0.39, 0.29) is 31.9 Å². The standard InChI is InChI=1S/C22H27NO9S2/c1-16-13-17(31-12-6-11-24)15-18(14-16)32-34(29,30)21-9-3-2-8-20(21)33(27,28)23-10-5-4-7-19(23)22(25)26/h2-3,8-9,13-15,19,24H,4-7,10-12H2,1H3,(H,25,26). The molecule has 1 aliphatic rings. The Morgan fingerprint density at radius 2 is 1.74 bits per heavy atom. The van der Waals surface area contributed by atoms with Crippen LogP contribution in [-0.4, -0.2) is 63.1 Å². The van der Waals surface area contributed by atoms with Gasteiger partial charge in [-0.05, 0) is 56.0 Å². The van der Waals surface area contributed by atoms with Crippen LogP contribution in [0.15, 0.2) is 52.3 Å². The van der Waals surface area contributed by atoms with E-state index in [0.717, 1.165) is 16.4 Å². The number of rotatable bonds is 10. The number of hydrogen-bond donors (Lipinski definition) is 2. The molecule has 0 saturated carbocycles. The molecule has 1 fully saturated rings. The van der Waals surface area contributed by atoms with Crippen LogP contribution in [0.3, 0.4) is 0 Å². The van der Waals surface area contributed by atoms with Crippen LogP contribution < -0.4 is 8.92 Å². The normalized spacial score (nSPS) is 17.3. The lowest BCUT2D eigenvalue weighted by Gasteiger charge is -2.32. The van der Waals surface area contributed by atoms with E-state index in [1.54, 1.807) is 13.0 Å². The predicted octanol–water partition coefficient (Wildman–Crippen LogP) is 2.15. The second-order valence-electron chi connectivity index (χ2n) is 7.86. The molecule has 0 spiro atoms. The molecule has 1 aliphatic heterocycles. The molecule has 12 heteroatoms. The van der Waals surface area contributed by atoms with Gasteiger partial charge < -0.3 is 19.1 Å². The van der Waals surface area contributed by atoms with Crippen LogP contribution in [0.5, 0.6) is 11.5 Å². The number of aliphatic hydroxyl groups excluding tert-OH is 1. The average Bonchev–Trinajstić information content (AvgIpc) is 2.78. The van der Waals surface area contributed by atoms with E-state index in [4.69, 9.17) is 14.0 Å². The Morgan fingerprint density at radius 1 is 1.06 bits per heavy atom. The number of carbonyl (C=O) groups is 1. The zero-order chi connectivity index (χ0) is 24.9. The molecule has 0 bridgehead atoms. The molecule has 3 rings (SSSR count). The number of piperidine rings is 1. The first-order valence-corrected chi connectivity index (χ1v) is 13.5. The molecule has 1 unspecified atom stereocenters. The zero-order valence-corrected chi connectivity index (χ0v) is 20.2. The number of aryl methyl sites for hydroxylation is 1. The molecule has 34 heavy (non-hydrogen) atoms. The van der Waals surface area contributed by atoms with Crippen LogP contribution >= 0.6 is 0 Å². The lowest BCUT2D eigenvalue weighted by molar-refractivity contribution is -0.142. The minimum absolute atomic E-state index is 0.0268. The molecule has 1 heterocycles. The molecular formula is C22H27NO9S2. The molecule has 2 N–H and O–H groups in total. The van der Waals surface area contributed by atoms with Gasteiger partial charge in [-0.3, -0.25) is 4.79 Å². The number of ether oxygens (including phenoxy) is 1. The lowest BCUT2D eigenvalue weighted by atomic mass is 10.1. The van der Waals surface area contributed by atoms with E-state index in [2.05, 4.69) is 0 Å². The number of aliphatic carboxylic acids is 1. The summed E-state index contributed by atoms with van der Waals surface area (Å²) in [6.45, 7) is 1.84. The van der Waals surface area contributed by atoms with E-state index in [0.29, 0.717) is 30.6 Å². The van der Waals surface area contributed by atoms with Gasteiger partial charge in [-0.25, -0.2) is 8.42 Å². The van der Waals surface area contributed by atoms with E-state index < -0.39 is 41.9 Å². The number of hydrogen-bond acceptors (Lipinski definition) is 8. The summed E-state index contributed by atoms with van der Waals surface area (Å²) >= 11 is 0. The van der Waals surface area contributed by atoms with Crippen molar-refractivity contribution in [3.8, 4) is 11.5 Å². The largest absolute Gasteiger partial charge is 0.493 e. The van der Waals surface area contributed by atoms with E-state index in [1.165, 1.54) is 24.3 Å². The number of nitrogens with zero attached hydrogens (tertiary/aromatic N) is 1. The van der Waals surface area contributed by atoms with E-state index >= 15 is 0 Å². The number of aliphatic hydroxyl groups is 1. The Bertz CT molecular complexity index is 1240. The molecule has 2 aromatic rings. The highest BCUT2D eigenvalue weighted by atomic mass is 32.2. The van der Waals surface area contributed by atoms with E-state index in [1.807, 2.05) is 0 Å². The van der Waals surface area contributed by atoms with Gasteiger partial charge in [-0.15, -0.1) is 0 Å². The maximum Gasteiger partial charge on any atom is 0.340 e. The maximum absolute atomic E-state index is 13.4. The van der Waals surface area contributed by atoms with Crippen LogP contribution in [0.1, 0.15) is 31.2 Å². The summed E-state index contributed by atoms with van der Waals surface area (Å²) in [5, 5.41) is 18.4. The van der Waals surface area contributed by atoms with Gasteiger partial charge in [-0.1, -0.05) is 12.1 Å². The first kappa shape index (κ1) is 25.9. The molecule has 1 saturated heterocycles. The Labute approximate surface area is 198 Å². The Kier molecular flexibility index (Phi) is 8.18. The van der Waals surface area contributed by atoms with Gasteiger partial charge in [0.25, 0.3) is 0 Å². The van der Waals surface area contributed by atoms with Gasteiger partial charge >= 0.3 is 16.1 Å². The van der Waals surface area contributed by atoms with Crippen LogP contribution in [0, 0.1) is 6.92 Å². The van der Waals surface area contributed by atoms with Crippen LogP contribution in [0.25, 0.3) is 0 Å². The van der Waals surface area contributed by atoms with Crippen molar-refractivity contribution in [2.75, 3.05) is 19.8 Å². The molecule has 186 valence electrons. The van der Waals surface area contributed by atoms with Crippen molar-refractivity contribution in [3.05, 3.63) is 48.0 Å². The van der Waals surface area contributed by atoms with Crippen molar-refractivity contribution >= 4 is 26.1 Å². The fourth-order valence-corrected chi connectivity index (χ4v) is 7.05. The van der Waals surface area contributed by atoms with Gasteiger partial charge in [0.2, 0.25) is 10.0 Å². The van der Waals surface area contributed by atoms with Gasteiger partial charge in [0.05, 0.1) is 6.61 Å². The monoisotopic (exact) mass is 513 g/mol. The maximum atomic E-state index is 13.4. The number of benzene rings is 2. The molecular weight excluding hydrogens is 486 g/mol. The number of sulfonamides is 1.